The summed E-state index contributed by atoms with van der Waals surface area (Å²) in [5.41, 5.74) is 0.284. The summed E-state index contributed by atoms with van der Waals surface area (Å²) in [6.07, 6.45) is 0.327. The van der Waals surface area contributed by atoms with Crippen LogP contribution < -0.4 is 0 Å². The van der Waals surface area contributed by atoms with Crippen LogP contribution >= 0.6 is 0 Å². The number of carboxylic acid groups (broad SMARTS) is 1. The molecule has 1 aromatic rings. The lowest BCUT2D eigenvalue weighted by Crippen LogP contribution is -2.22. The van der Waals surface area contributed by atoms with Crippen LogP contribution in [0.5, 0.6) is 5.75 Å². The molecule has 5 nitrogen and oxygen atoms in total. The quantitative estimate of drug-likeness (QED) is 0.854. The number of benzene rings is 1. The first kappa shape index (κ1) is 12.9. The second-order valence-electron chi connectivity index (χ2n) is 4.54. The minimum atomic E-state index is -3.14. The van der Waals surface area contributed by atoms with Gasteiger partial charge < -0.3 is 10.2 Å². The lowest BCUT2D eigenvalue weighted by Gasteiger charge is -2.19. The Hall–Kier alpha value is -1.56. The van der Waals surface area contributed by atoms with E-state index in [1.54, 1.807) is 12.1 Å². The molecule has 1 aliphatic rings. The maximum absolute atomic E-state index is 11.4. The first-order valence-electron chi connectivity index (χ1n) is 5.62. The minimum absolute atomic E-state index is 0.0229. The van der Waals surface area contributed by atoms with Gasteiger partial charge in [0.15, 0.2) is 9.84 Å². The van der Waals surface area contributed by atoms with Gasteiger partial charge in [0.25, 0.3) is 0 Å². The van der Waals surface area contributed by atoms with E-state index < -0.39 is 27.6 Å². The molecule has 1 aromatic carbocycles. The van der Waals surface area contributed by atoms with E-state index in [-0.39, 0.29) is 22.8 Å². The highest BCUT2D eigenvalue weighted by Crippen LogP contribution is 2.37. The van der Waals surface area contributed by atoms with Crippen molar-refractivity contribution >= 4 is 15.8 Å². The summed E-state index contributed by atoms with van der Waals surface area (Å²) in [7, 11) is -3.14. The highest BCUT2D eigenvalue weighted by atomic mass is 32.2. The molecule has 0 spiro atoms. The summed E-state index contributed by atoms with van der Waals surface area (Å²) in [5.74, 6) is -2.75. The van der Waals surface area contributed by atoms with Crippen LogP contribution in [0.4, 0.5) is 0 Å². The number of carboxylic acids is 1. The van der Waals surface area contributed by atoms with Crippen molar-refractivity contribution in [1.82, 2.24) is 0 Å². The summed E-state index contributed by atoms with van der Waals surface area (Å²) >= 11 is 0. The first-order valence-corrected chi connectivity index (χ1v) is 7.44. The highest BCUT2D eigenvalue weighted by Gasteiger charge is 2.39. The highest BCUT2D eigenvalue weighted by molar-refractivity contribution is 7.91. The van der Waals surface area contributed by atoms with Crippen LogP contribution in [0.2, 0.25) is 0 Å². The SMILES string of the molecule is O=C(O)C(c1ccccc1O)C1CCS(=O)(=O)C1. The number of para-hydroxylation sites is 1. The Balaban J connectivity index is 2.36. The monoisotopic (exact) mass is 270 g/mol. The zero-order chi connectivity index (χ0) is 13.3. The van der Waals surface area contributed by atoms with Crippen molar-refractivity contribution in [2.24, 2.45) is 5.92 Å². The Morgan fingerprint density at radius 1 is 1.33 bits per heavy atom. The van der Waals surface area contributed by atoms with Gasteiger partial charge >= 0.3 is 5.97 Å². The van der Waals surface area contributed by atoms with E-state index in [9.17, 15) is 23.4 Å². The zero-order valence-corrected chi connectivity index (χ0v) is 10.4. The van der Waals surface area contributed by atoms with Crippen LogP contribution in [0.15, 0.2) is 24.3 Å². The van der Waals surface area contributed by atoms with E-state index in [2.05, 4.69) is 0 Å². The third-order valence-corrected chi connectivity index (χ3v) is 5.07. The molecule has 2 unspecified atom stereocenters. The molecule has 2 rings (SSSR count). The van der Waals surface area contributed by atoms with Gasteiger partial charge in [0.2, 0.25) is 0 Å². The van der Waals surface area contributed by atoms with Crippen molar-refractivity contribution in [3.05, 3.63) is 29.8 Å². The van der Waals surface area contributed by atoms with Gasteiger partial charge in [0.05, 0.1) is 17.4 Å². The van der Waals surface area contributed by atoms with Crippen molar-refractivity contribution in [3.8, 4) is 5.75 Å². The molecule has 2 atom stereocenters. The molecule has 18 heavy (non-hydrogen) atoms. The molecular formula is C12H14O5S. The zero-order valence-electron chi connectivity index (χ0n) is 9.61. The van der Waals surface area contributed by atoms with Crippen LogP contribution in [-0.4, -0.2) is 36.1 Å². The van der Waals surface area contributed by atoms with Crippen molar-refractivity contribution < 1.29 is 23.4 Å². The van der Waals surface area contributed by atoms with Gasteiger partial charge in [0.1, 0.15) is 5.75 Å². The maximum Gasteiger partial charge on any atom is 0.311 e. The van der Waals surface area contributed by atoms with E-state index >= 15 is 0 Å². The van der Waals surface area contributed by atoms with E-state index in [0.29, 0.717) is 6.42 Å². The number of carbonyl (C=O) groups is 1. The molecule has 0 radical (unpaired) electrons. The van der Waals surface area contributed by atoms with E-state index in [0.717, 1.165) is 0 Å². The Morgan fingerprint density at radius 2 is 2.00 bits per heavy atom. The second kappa shape index (κ2) is 4.61. The molecule has 0 saturated carbocycles. The predicted octanol–water partition coefficient (Wildman–Crippen LogP) is 0.995. The standard InChI is InChI=1S/C12H14O5S/c13-10-4-2-1-3-9(10)11(12(14)15)8-5-6-18(16,17)7-8/h1-4,8,11,13H,5-7H2,(H,14,15). The fraction of sp³-hybridized carbons (Fsp3) is 0.417. The Kier molecular flexibility index (Phi) is 3.30. The number of rotatable bonds is 3. The molecule has 0 aromatic heterocycles. The molecule has 0 amide bonds. The first-order chi connectivity index (χ1) is 8.41. The third-order valence-electron chi connectivity index (χ3n) is 3.28. The number of phenolic OH excluding ortho intramolecular Hbond substituents is 1. The molecular weight excluding hydrogens is 256 g/mol. The molecule has 1 aliphatic heterocycles. The fourth-order valence-electron chi connectivity index (χ4n) is 2.43. The Bertz CT molecular complexity index is 564. The van der Waals surface area contributed by atoms with Gasteiger partial charge in [-0.1, -0.05) is 18.2 Å². The minimum Gasteiger partial charge on any atom is -0.508 e. The molecule has 2 N–H and O–H groups in total. The van der Waals surface area contributed by atoms with Crippen molar-refractivity contribution in [2.75, 3.05) is 11.5 Å². The number of sulfone groups is 1. The summed E-state index contributed by atoms with van der Waals surface area (Å²) in [4.78, 5) is 11.3. The van der Waals surface area contributed by atoms with Crippen molar-refractivity contribution in [2.45, 2.75) is 12.3 Å². The molecule has 1 fully saturated rings. The average molecular weight is 270 g/mol. The van der Waals surface area contributed by atoms with Crippen LogP contribution in [0, 0.1) is 5.92 Å². The van der Waals surface area contributed by atoms with Crippen LogP contribution in [0.25, 0.3) is 0 Å². The fourth-order valence-corrected chi connectivity index (χ4v) is 4.27. The lowest BCUT2D eigenvalue weighted by molar-refractivity contribution is -0.140. The molecule has 98 valence electrons. The van der Waals surface area contributed by atoms with Gasteiger partial charge in [-0.2, -0.15) is 0 Å². The van der Waals surface area contributed by atoms with Crippen molar-refractivity contribution in [1.29, 1.82) is 0 Å². The summed E-state index contributed by atoms with van der Waals surface area (Å²) < 4.78 is 22.9. The van der Waals surface area contributed by atoms with E-state index in [1.807, 2.05) is 0 Å². The maximum atomic E-state index is 11.4. The Labute approximate surface area is 105 Å². The number of hydrogen-bond donors (Lipinski definition) is 2. The third kappa shape index (κ3) is 2.48. The van der Waals surface area contributed by atoms with Crippen molar-refractivity contribution in [3.63, 3.8) is 0 Å². The summed E-state index contributed by atoms with van der Waals surface area (Å²) in [5, 5.41) is 19.0. The molecule has 0 aliphatic carbocycles. The Morgan fingerprint density at radius 3 is 2.50 bits per heavy atom. The summed E-state index contributed by atoms with van der Waals surface area (Å²) in [6, 6.07) is 6.17. The lowest BCUT2D eigenvalue weighted by atomic mass is 9.85. The van der Waals surface area contributed by atoms with Gasteiger partial charge in [-0.25, -0.2) is 8.42 Å². The largest absolute Gasteiger partial charge is 0.508 e. The molecule has 0 bridgehead atoms. The van der Waals surface area contributed by atoms with Gasteiger partial charge in [-0.15, -0.1) is 0 Å². The number of aromatic hydroxyl groups is 1. The number of hydrogen-bond acceptors (Lipinski definition) is 4. The number of aliphatic carboxylic acids is 1. The van der Waals surface area contributed by atoms with Gasteiger partial charge in [0, 0.05) is 5.56 Å². The molecule has 1 saturated heterocycles. The van der Waals surface area contributed by atoms with Gasteiger partial charge in [-0.3, -0.25) is 4.79 Å². The number of phenols is 1. The van der Waals surface area contributed by atoms with E-state index in [1.165, 1.54) is 12.1 Å². The summed E-state index contributed by atoms with van der Waals surface area (Å²) in [6.45, 7) is 0. The smallest absolute Gasteiger partial charge is 0.311 e. The normalized spacial score (nSPS) is 23.7. The molecule has 6 heteroatoms. The van der Waals surface area contributed by atoms with Crippen LogP contribution in [-0.2, 0) is 14.6 Å². The topological polar surface area (TPSA) is 91.7 Å². The van der Waals surface area contributed by atoms with E-state index in [4.69, 9.17) is 0 Å². The predicted molar refractivity (Wildman–Crippen MR) is 65.2 cm³/mol. The van der Waals surface area contributed by atoms with Crippen LogP contribution in [0.1, 0.15) is 17.9 Å². The average Bonchev–Trinajstić information content (AvgIpc) is 2.61. The molecule has 1 heterocycles. The second-order valence-corrected chi connectivity index (χ2v) is 6.77. The van der Waals surface area contributed by atoms with Gasteiger partial charge in [-0.05, 0) is 18.4 Å². The van der Waals surface area contributed by atoms with Crippen LogP contribution in [0.3, 0.4) is 0 Å².